The van der Waals surface area contributed by atoms with E-state index in [1.54, 1.807) is 6.20 Å². The second-order valence-corrected chi connectivity index (χ2v) is 5.66. The predicted molar refractivity (Wildman–Crippen MR) is 77.8 cm³/mol. The number of H-pyrrole nitrogens is 1. The van der Waals surface area contributed by atoms with E-state index in [0.717, 1.165) is 19.8 Å². The molecule has 8 heteroatoms. The van der Waals surface area contributed by atoms with Gasteiger partial charge in [-0.3, -0.25) is 10.5 Å². The maximum absolute atomic E-state index is 5.37. The minimum absolute atomic E-state index is 0.358. The Hall–Kier alpha value is -1.64. The van der Waals surface area contributed by atoms with Crippen LogP contribution in [-0.2, 0) is 0 Å². The van der Waals surface area contributed by atoms with Gasteiger partial charge in [-0.2, -0.15) is 10.1 Å². The Labute approximate surface area is 121 Å². The molecule has 0 bridgehead atoms. The number of aromatic amines is 1. The predicted octanol–water partition coefficient (Wildman–Crippen LogP) is 2.55. The highest BCUT2D eigenvalue weighted by molar-refractivity contribution is 9.10. The van der Waals surface area contributed by atoms with Crippen LogP contribution in [0.3, 0.4) is 0 Å². The van der Waals surface area contributed by atoms with Gasteiger partial charge < -0.3 is 0 Å². The van der Waals surface area contributed by atoms with Gasteiger partial charge in [-0.05, 0) is 24.3 Å². The lowest BCUT2D eigenvalue weighted by Gasteiger charge is -2.04. The Kier molecular flexibility index (Phi) is 3.36. The van der Waals surface area contributed by atoms with Gasteiger partial charge in [-0.1, -0.05) is 27.7 Å². The van der Waals surface area contributed by atoms with Crippen molar-refractivity contribution in [2.24, 2.45) is 5.84 Å². The SMILES string of the molecule is NNc1nc(Sc2ccc(Br)cc2)c2cn[nH]c2n1. The second-order valence-electron chi connectivity index (χ2n) is 3.68. The minimum atomic E-state index is 0.358. The molecule has 1 aromatic carbocycles. The quantitative estimate of drug-likeness (QED) is 0.386. The summed E-state index contributed by atoms with van der Waals surface area (Å²) in [5.74, 6) is 5.72. The maximum atomic E-state index is 5.37. The molecule has 2 heterocycles. The van der Waals surface area contributed by atoms with Crippen LogP contribution < -0.4 is 11.3 Å². The number of hydrogen-bond donors (Lipinski definition) is 3. The van der Waals surface area contributed by atoms with Crippen LogP contribution in [0.15, 0.2) is 44.9 Å². The number of aromatic nitrogens is 4. The van der Waals surface area contributed by atoms with Crippen LogP contribution in [0.4, 0.5) is 5.95 Å². The van der Waals surface area contributed by atoms with Crippen molar-refractivity contribution in [1.82, 2.24) is 20.2 Å². The number of nitrogens with zero attached hydrogens (tertiary/aromatic N) is 3. The third-order valence-corrected chi connectivity index (χ3v) is 3.97. The lowest BCUT2D eigenvalue weighted by atomic mass is 10.4. The number of nitrogens with one attached hydrogen (secondary N) is 2. The van der Waals surface area contributed by atoms with Gasteiger partial charge in [0.25, 0.3) is 0 Å². The van der Waals surface area contributed by atoms with E-state index in [9.17, 15) is 0 Å². The summed E-state index contributed by atoms with van der Waals surface area (Å²) in [6, 6.07) is 7.99. The average Bonchev–Trinajstić information content (AvgIpc) is 2.89. The number of halogens is 1. The Morgan fingerprint density at radius 3 is 2.74 bits per heavy atom. The van der Waals surface area contributed by atoms with Gasteiger partial charge >= 0.3 is 0 Å². The van der Waals surface area contributed by atoms with Crippen LogP contribution in [0.5, 0.6) is 0 Å². The molecule has 0 aliphatic carbocycles. The summed E-state index contributed by atoms with van der Waals surface area (Å²) in [6.45, 7) is 0. The van der Waals surface area contributed by atoms with Crippen molar-refractivity contribution in [3.05, 3.63) is 34.9 Å². The van der Waals surface area contributed by atoms with Crippen molar-refractivity contribution in [3.8, 4) is 0 Å². The van der Waals surface area contributed by atoms with Gasteiger partial charge in [0, 0.05) is 9.37 Å². The summed E-state index contributed by atoms with van der Waals surface area (Å²) in [5.41, 5.74) is 3.11. The van der Waals surface area contributed by atoms with E-state index in [0.29, 0.717) is 11.6 Å². The summed E-state index contributed by atoms with van der Waals surface area (Å²) in [6.07, 6.45) is 1.71. The molecule has 3 aromatic rings. The Balaban J connectivity index is 2.03. The first kappa shape index (κ1) is 12.4. The first-order valence-electron chi connectivity index (χ1n) is 5.37. The van der Waals surface area contributed by atoms with Crippen LogP contribution in [-0.4, -0.2) is 20.2 Å². The monoisotopic (exact) mass is 336 g/mol. The molecule has 0 radical (unpaired) electrons. The molecule has 2 aromatic heterocycles. The zero-order chi connectivity index (χ0) is 13.2. The Morgan fingerprint density at radius 2 is 2.00 bits per heavy atom. The first-order valence-corrected chi connectivity index (χ1v) is 6.98. The van der Waals surface area contributed by atoms with E-state index in [1.165, 1.54) is 11.8 Å². The average molecular weight is 337 g/mol. The molecule has 19 heavy (non-hydrogen) atoms. The fraction of sp³-hybridized carbons (Fsp3) is 0. The van der Waals surface area contributed by atoms with E-state index in [4.69, 9.17) is 5.84 Å². The van der Waals surface area contributed by atoms with Crippen molar-refractivity contribution < 1.29 is 0 Å². The third-order valence-electron chi connectivity index (χ3n) is 2.43. The highest BCUT2D eigenvalue weighted by Gasteiger charge is 2.10. The Morgan fingerprint density at radius 1 is 1.21 bits per heavy atom. The first-order chi connectivity index (χ1) is 9.26. The molecule has 0 saturated carbocycles. The van der Waals surface area contributed by atoms with Crippen molar-refractivity contribution in [2.45, 2.75) is 9.92 Å². The number of nitrogens with two attached hydrogens (primary N) is 1. The lowest BCUT2D eigenvalue weighted by Crippen LogP contribution is -2.10. The van der Waals surface area contributed by atoms with Gasteiger partial charge in [0.1, 0.15) is 5.03 Å². The van der Waals surface area contributed by atoms with Gasteiger partial charge in [0.15, 0.2) is 5.65 Å². The molecule has 0 amide bonds. The topological polar surface area (TPSA) is 92.5 Å². The van der Waals surface area contributed by atoms with Gasteiger partial charge in [0.05, 0.1) is 11.6 Å². The van der Waals surface area contributed by atoms with Crippen molar-refractivity contribution in [3.63, 3.8) is 0 Å². The molecular formula is C11H9BrN6S. The highest BCUT2D eigenvalue weighted by atomic mass is 79.9. The van der Waals surface area contributed by atoms with Crippen LogP contribution in [0.1, 0.15) is 0 Å². The van der Waals surface area contributed by atoms with Crippen molar-refractivity contribution >= 4 is 44.7 Å². The molecule has 3 rings (SSSR count). The molecule has 6 nitrogen and oxygen atoms in total. The summed E-state index contributed by atoms with van der Waals surface area (Å²) in [5, 5.41) is 8.46. The van der Waals surface area contributed by atoms with Crippen molar-refractivity contribution in [1.29, 1.82) is 0 Å². The van der Waals surface area contributed by atoms with Crippen molar-refractivity contribution in [2.75, 3.05) is 5.43 Å². The van der Waals surface area contributed by atoms with Gasteiger partial charge in [-0.15, -0.1) is 0 Å². The molecule has 0 aliphatic rings. The van der Waals surface area contributed by atoms with Crippen LogP contribution >= 0.6 is 27.7 Å². The second kappa shape index (κ2) is 5.16. The zero-order valence-corrected chi connectivity index (χ0v) is 12.0. The molecule has 0 saturated heterocycles. The van der Waals surface area contributed by atoms with E-state index in [2.05, 4.69) is 41.5 Å². The van der Waals surface area contributed by atoms with Gasteiger partial charge in [-0.25, -0.2) is 10.8 Å². The van der Waals surface area contributed by atoms with Gasteiger partial charge in [0.2, 0.25) is 5.95 Å². The molecule has 0 atom stereocenters. The molecule has 0 fully saturated rings. The van der Waals surface area contributed by atoms with E-state index in [-0.39, 0.29) is 0 Å². The van der Waals surface area contributed by atoms with E-state index < -0.39 is 0 Å². The number of anilines is 1. The molecule has 0 unspecified atom stereocenters. The molecular weight excluding hydrogens is 328 g/mol. The molecule has 0 aliphatic heterocycles. The summed E-state index contributed by atoms with van der Waals surface area (Å²) in [4.78, 5) is 9.61. The zero-order valence-electron chi connectivity index (χ0n) is 9.59. The fourth-order valence-electron chi connectivity index (χ4n) is 1.56. The number of rotatable bonds is 3. The number of benzene rings is 1. The normalized spacial score (nSPS) is 10.8. The number of hydrazine groups is 1. The van der Waals surface area contributed by atoms with E-state index >= 15 is 0 Å². The number of hydrogen-bond acceptors (Lipinski definition) is 6. The lowest BCUT2D eigenvalue weighted by molar-refractivity contribution is 1.05. The van der Waals surface area contributed by atoms with Crippen LogP contribution in [0.25, 0.3) is 11.0 Å². The van der Waals surface area contributed by atoms with Crippen LogP contribution in [0.2, 0.25) is 0 Å². The smallest absolute Gasteiger partial charge is 0.240 e. The number of nitrogen functional groups attached to an aromatic ring is 1. The highest BCUT2D eigenvalue weighted by Crippen LogP contribution is 2.32. The number of fused-ring (bicyclic) bond motifs is 1. The molecule has 0 spiro atoms. The maximum Gasteiger partial charge on any atom is 0.240 e. The standard InChI is InChI=1S/C11H9BrN6S/c12-6-1-3-7(4-2-6)19-10-8-5-14-18-9(8)15-11(16-10)17-13/h1-5H,13H2,(H2,14,15,16,17,18). The van der Waals surface area contributed by atoms with E-state index in [1.807, 2.05) is 24.3 Å². The summed E-state index contributed by atoms with van der Waals surface area (Å²) >= 11 is 4.94. The minimum Gasteiger partial charge on any atom is -0.292 e. The third kappa shape index (κ3) is 2.55. The fourth-order valence-corrected chi connectivity index (χ4v) is 2.72. The largest absolute Gasteiger partial charge is 0.292 e. The Bertz CT molecular complexity index is 711. The summed E-state index contributed by atoms with van der Waals surface area (Å²) in [7, 11) is 0. The molecule has 4 N–H and O–H groups in total. The van der Waals surface area contributed by atoms with Crippen LogP contribution in [0, 0.1) is 0 Å². The summed E-state index contributed by atoms with van der Waals surface area (Å²) < 4.78 is 1.04. The molecule has 96 valence electrons.